The summed E-state index contributed by atoms with van der Waals surface area (Å²) in [5, 5.41) is 19.5. The van der Waals surface area contributed by atoms with Gasteiger partial charge in [0.25, 0.3) is 5.91 Å². The zero-order valence-electron chi connectivity index (χ0n) is 12.3. The number of carbonyl (C=O) groups is 1. The van der Waals surface area contributed by atoms with E-state index in [-0.39, 0.29) is 28.6 Å². The summed E-state index contributed by atoms with van der Waals surface area (Å²) in [6, 6.07) is 4.82. The smallest absolute Gasteiger partial charge is 0.269 e. The maximum Gasteiger partial charge on any atom is 0.269 e. The van der Waals surface area contributed by atoms with Crippen molar-refractivity contribution in [3.05, 3.63) is 47.3 Å². The van der Waals surface area contributed by atoms with Gasteiger partial charge in [-0.15, -0.1) is 0 Å². The van der Waals surface area contributed by atoms with Gasteiger partial charge in [-0.3, -0.25) is 4.79 Å². The van der Waals surface area contributed by atoms with E-state index in [4.69, 9.17) is 11.5 Å². The summed E-state index contributed by atoms with van der Waals surface area (Å²) < 4.78 is 0. The van der Waals surface area contributed by atoms with E-state index >= 15 is 0 Å². The quantitative estimate of drug-likeness (QED) is 0.647. The van der Waals surface area contributed by atoms with Crippen LogP contribution in [0.15, 0.2) is 24.8 Å². The number of hydrogen-bond acceptors (Lipinski definition) is 5. The minimum atomic E-state index is -0.808. The molecule has 0 spiro atoms. The number of anilines is 1. The second kappa shape index (κ2) is 5.40. The molecule has 1 aromatic carbocycles. The molecule has 0 aliphatic rings. The molecule has 1 aromatic heterocycles. The number of aliphatic hydroxyl groups is 1. The third-order valence-corrected chi connectivity index (χ3v) is 3.50. The summed E-state index contributed by atoms with van der Waals surface area (Å²) in [6.45, 7) is 6.98. The van der Waals surface area contributed by atoms with Gasteiger partial charge in [-0.05, 0) is 42.7 Å². The number of phenolic OH excluding ortho intramolecular Hbond substituents is 1. The van der Waals surface area contributed by atoms with Crippen LogP contribution in [0.3, 0.4) is 0 Å². The Balaban J connectivity index is 2.89. The zero-order chi connectivity index (χ0) is 16.6. The monoisotopic (exact) mass is 299 g/mol. The lowest BCUT2D eigenvalue weighted by molar-refractivity contribution is 0.0996. The molecule has 22 heavy (non-hydrogen) atoms. The Morgan fingerprint density at radius 1 is 1.32 bits per heavy atom. The molecule has 0 aliphatic heterocycles. The van der Waals surface area contributed by atoms with Crippen molar-refractivity contribution >= 4 is 17.4 Å². The van der Waals surface area contributed by atoms with Gasteiger partial charge in [0.05, 0.1) is 5.69 Å². The number of rotatable bonds is 3. The second-order valence-corrected chi connectivity index (χ2v) is 5.03. The fourth-order valence-electron chi connectivity index (χ4n) is 2.35. The van der Waals surface area contributed by atoms with Crippen molar-refractivity contribution in [2.45, 2.75) is 13.8 Å². The number of nitrogens with zero attached hydrogens (tertiary/aromatic N) is 1. The number of aromatic nitrogens is 1. The first-order valence-electron chi connectivity index (χ1n) is 6.52. The highest BCUT2D eigenvalue weighted by Crippen LogP contribution is 2.37. The third-order valence-electron chi connectivity index (χ3n) is 3.50. The van der Waals surface area contributed by atoms with Crippen LogP contribution >= 0.6 is 0 Å². The van der Waals surface area contributed by atoms with E-state index in [0.717, 1.165) is 5.56 Å². The van der Waals surface area contributed by atoms with Crippen molar-refractivity contribution in [2.24, 2.45) is 5.73 Å². The number of phenols is 1. The van der Waals surface area contributed by atoms with Crippen LogP contribution in [0.5, 0.6) is 5.75 Å². The Kier molecular flexibility index (Phi) is 3.77. The fraction of sp³-hybridized carbons (Fsp3) is 0.125. The molecule has 6 heteroatoms. The van der Waals surface area contributed by atoms with Crippen molar-refractivity contribution in [2.75, 3.05) is 5.73 Å². The predicted molar refractivity (Wildman–Crippen MR) is 85.4 cm³/mol. The Labute approximate surface area is 127 Å². The van der Waals surface area contributed by atoms with Crippen molar-refractivity contribution < 1.29 is 15.0 Å². The number of hydrogen-bond donors (Lipinski definition) is 4. The van der Waals surface area contributed by atoms with Gasteiger partial charge < -0.3 is 21.7 Å². The summed E-state index contributed by atoms with van der Waals surface area (Å²) in [6.07, 6.45) is 0. The van der Waals surface area contributed by atoms with Gasteiger partial charge in [0.15, 0.2) is 5.69 Å². The molecule has 1 heterocycles. The van der Waals surface area contributed by atoms with E-state index in [0.29, 0.717) is 16.7 Å². The zero-order valence-corrected chi connectivity index (χ0v) is 12.3. The van der Waals surface area contributed by atoms with Gasteiger partial charge in [-0.1, -0.05) is 12.6 Å². The Morgan fingerprint density at radius 3 is 2.50 bits per heavy atom. The van der Waals surface area contributed by atoms with Crippen LogP contribution in [0.25, 0.3) is 16.9 Å². The second-order valence-electron chi connectivity index (χ2n) is 5.03. The molecule has 6 N–H and O–H groups in total. The number of nitrogen functional groups attached to an aromatic ring is 1. The van der Waals surface area contributed by atoms with Crippen LogP contribution in [0.1, 0.15) is 27.3 Å². The van der Waals surface area contributed by atoms with Crippen LogP contribution in [0.4, 0.5) is 5.69 Å². The van der Waals surface area contributed by atoms with Crippen LogP contribution in [0.2, 0.25) is 0 Å². The van der Waals surface area contributed by atoms with E-state index in [1.165, 1.54) is 6.07 Å². The van der Waals surface area contributed by atoms with E-state index in [1.807, 2.05) is 6.92 Å². The molecule has 2 rings (SSSR count). The van der Waals surface area contributed by atoms with E-state index < -0.39 is 5.91 Å². The van der Waals surface area contributed by atoms with E-state index in [1.54, 1.807) is 19.1 Å². The summed E-state index contributed by atoms with van der Waals surface area (Å²) in [4.78, 5) is 15.5. The molecule has 114 valence electrons. The molecule has 6 nitrogen and oxygen atoms in total. The lowest BCUT2D eigenvalue weighted by Gasteiger charge is -2.16. The molecule has 0 unspecified atom stereocenters. The average molecular weight is 299 g/mol. The Bertz CT molecular complexity index is 798. The van der Waals surface area contributed by atoms with Crippen LogP contribution < -0.4 is 11.5 Å². The number of aryl methyl sites for hydroxylation is 1. The standard InChI is InChI=1S/C16H17N3O3/c1-7-4-5-12(21)8(2)13(7)10-6-11(9(3)20)19-15(14(10)17)16(18)22/h4-6,20-21H,3,17H2,1-2H3,(H2,18,22). The molecule has 0 atom stereocenters. The number of pyridine rings is 1. The molecule has 0 radical (unpaired) electrons. The van der Waals surface area contributed by atoms with Gasteiger partial charge in [0.2, 0.25) is 0 Å². The maximum absolute atomic E-state index is 11.5. The number of aliphatic hydroxyl groups excluding tert-OH is 1. The largest absolute Gasteiger partial charge is 0.508 e. The molecule has 0 saturated heterocycles. The van der Waals surface area contributed by atoms with Gasteiger partial charge in [-0.25, -0.2) is 4.98 Å². The van der Waals surface area contributed by atoms with Gasteiger partial charge in [0.1, 0.15) is 17.2 Å². The molecule has 2 aromatic rings. The number of amides is 1. The predicted octanol–water partition coefficient (Wildman–Crippen LogP) is 2.28. The lowest BCUT2D eigenvalue weighted by atomic mass is 9.93. The number of primary amides is 1. The first-order valence-corrected chi connectivity index (χ1v) is 6.52. The van der Waals surface area contributed by atoms with Crippen molar-refractivity contribution in [1.29, 1.82) is 0 Å². The average Bonchev–Trinajstić information content (AvgIpc) is 2.44. The van der Waals surface area contributed by atoms with Gasteiger partial charge in [-0.2, -0.15) is 0 Å². The summed E-state index contributed by atoms with van der Waals surface area (Å²) in [5.74, 6) is -1.02. The third kappa shape index (κ3) is 2.46. The SMILES string of the molecule is C=C(O)c1cc(-c2c(C)ccc(O)c2C)c(N)c(C(N)=O)n1. The Hall–Kier alpha value is -3.02. The molecule has 0 bridgehead atoms. The molecule has 0 aliphatic carbocycles. The number of benzene rings is 1. The van der Waals surface area contributed by atoms with Crippen molar-refractivity contribution in [3.8, 4) is 16.9 Å². The molecular formula is C16H17N3O3. The number of carbonyl (C=O) groups excluding carboxylic acids is 1. The minimum absolute atomic E-state index is 0.0919. The van der Waals surface area contributed by atoms with Gasteiger partial charge in [0, 0.05) is 5.56 Å². The maximum atomic E-state index is 11.5. The molecular weight excluding hydrogens is 282 g/mol. The van der Waals surface area contributed by atoms with Crippen LogP contribution in [-0.4, -0.2) is 21.1 Å². The highest BCUT2D eigenvalue weighted by Gasteiger charge is 2.19. The van der Waals surface area contributed by atoms with Crippen LogP contribution in [0, 0.1) is 13.8 Å². The Morgan fingerprint density at radius 2 is 1.95 bits per heavy atom. The first-order chi connectivity index (χ1) is 10.2. The van der Waals surface area contributed by atoms with Crippen molar-refractivity contribution in [1.82, 2.24) is 4.98 Å². The number of aromatic hydroxyl groups is 1. The molecule has 1 amide bonds. The van der Waals surface area contributed by atoms with E-state index in [2.05, 4.69) is 11.6 Å². The van der Waals surface area contributed by atoms with Crippen molar-refractivity contribution in [3.63, 3.8) is 0 Å². The van der Waals surface area contributed by atoms with Crippen LogP contribution in [-0.2, 0) is 0 Å². The number of nitrogens with two attached hydrogens (primary N) is 2. The highest BCUT2D eigenvalue weighted by atomic mass is 16.3. The summed E-state index contributed by atoms with van der Waals surface area (Å²) in [7, 11) is 0. The molecule has 0 fully saturated rings. The normalized spacial score (nSPS) is 10.5. The van der Waals surface area contributed by atoms with E-state index in [9.17, 15) is 15.0 Å². The van der Waals surface area contributed by atoms with Gasteiger partial charge >= 0.3 is 0 Å². The highest BCUT2D eigenvalue weighted by molar-refractivity contribution is 6.01. The summed E-state index contributed by atoms with van der Waals surface area (Å²) >= 11 is 0. The first kappa shape index (κ1) is 15.4. The minimum Gasteiger partial charge on any atom is -0.508 e. The fourth-order valence-corrected chi connectivity index (χ4v) is 2.35. The summed E-state index contributed by atoms with van der Waals surface area (Å²) in [5.41, 5.74) is 13.9. The topological polar surface area (TPSA) is 122 Å². The lowest BCUT2D eigenvalue weighted by Crippen LogP contribution is -2.17. The molecule has 0 saturated carbocycles.